The number of nitrogens with one attached hydrogen (secondary N) is 2. The van der Waals surface area contributed by atoms with Crippen molar-refractivity contribution in [2.75, 3.05) is 76.0 Å². The summed E-state index contributed by atoms with van der Waals surface area (Å²) < 4.78 is 40.0. The third kappa shape index (κ3) is 10.1. The van der Waals surface area contributed by atoms with Crippen LogP contribution in [-0.4, -0.2) is 106 Å². The predicted molar refractivity (Wildman–Crippen MR) is 219 cm³/mol. The number of nitrogens with zero attached hydrogens (tertiary/aromatic N) is 3. The van der Waals surface area contributed by atoms with Crippen LogP contribution in [0.3, 0.4) is 0 Å². The quantitative estimate of drug-likeness (QED) is 0.304. The molecule has 7 rings (SSSR count). The Labute approximate surface area is 334 Å². The van der Waals surface area contributed by atoms with Gasteiger partial charge in [0, 0.05) is 55.6 Å². The van der Waals surface area contributed by atoms with Crippen molar-refractivity contribution in [1.29, 1.82) is 0 Å². The fourth-order valence-electron chi connectivity index (χ4n) is 7.94. The SMILES string of the molecule is CI.CNCCN1CCOCC1.C[C@@H]1[C@@H](C)C/C=C/C(=O)[C@@H]2CC[C@H]2CN2C[C@@]3(CCCc4cc(Cl)ccc43)COc3ccc(nc32)C(=O)NS1(=O)=O. The van der Waals surface area contributed by atoms with Gasteiger partial charge in [0.05, 0.1) is 25.1 Å². The minimum atomic E-state index is -3.97. The van der Waals surface area contributed by atoms with Crippen molar-refractivity contribution >= 4 is 61.7 Å². The summed E-state index contributed by atoms with van der Waals surface area (Å²) in [6, 6.07) is 9.30. The van der Waals surface area contributed by atoms with Gasteiger partial charge in [0.15, 0.2) is 17.4 Å². The number of sulfonamides is 1. The van der Waals surface area contributed by atoms with E-state index < -0.39 is 21.2 Å². The smallest absolute Gasteiger partial charge is 0.283 e. The van der Waals surface area contributed by atoms with Crippen LogP contribution in [-0.2, 0) is 31.4 Å². The minimum absolute atomic E-state index is 0.0146. The number of aromatic nitrogens is 1. The number of morpholine rings is 1. The summed E-state index contributed by atoms with van der Waals surface area (Å²) >= 11 is 8.51. The Balaban J connectivity index is 0.000000388. The summed E-state index contributed by atoms with van der Waals surface area (Å²) in [5.74, 6) is 0.147. The van der Waals surface area contributed by atoms with Gasteiger partial charge in [-0.2, -0.15) is 0 Å². The molecule has 2 N–H and O–H groups in total. The fraction of sp³-hybridized carbons (Fsp3) is 0.615. The first-order valence-corrected chi connectivity index (χ1v) is 22.8. The Morgan fingerprint density at radius 1 is 1.11 bits per heavy atom. The Morgan fingerprint density at radius 2 is 1.89 bits per heavy atom. The van der Waals surface area contributed by atoms with Gasteiger partial charge in [-0.05, 0) is 111 Å². The molecule has 1 aromatic heterocycles. The molecule has 0 radical (unpaired) electrons. The van der Waals surface area contributed by atoms with Crippen LogP contribution in [0.2, 0.25) is 5.02 Å². The number of pyridine rings is 1. The number of hydrogen-bond acceptors (Lipinski definition) is 10. The zero-order valence-electron chi connectivity index (χ0n) is 31.4. The van der Waals surface area contributed by atoms with E-state index in [2.05, 4.69) is 48.5 Å². The van der Waals surface area contributed by atoms with Crippen LogP contribution in [0.4, 0.5) is 5.82 Å². The molecule has 11 nitrogen and oxygen atoms in total. The number of aryl methyl sites for hydroxylation is 1. The van der Waals surface area contributed by atoms with E-state index in [4.69, 9.17) is 26.1 Å². The molecule has 0 unspecified atom stereocenters. The van der Waals surface area contributed by atoms with Crippen molar-refractivity contribution in [3.63, 3.8) is 0 Å². The molecule has 1 amide bonds. The van der Waals surface area contributed by atoms with E-state index >= 15 is 0 Å². The zero-order chi connectivity index (χ0) is 38.2. The molecule has 1 saturated carbocycles. The summed E-state index contributed by atoms with van der Waals surface area (Å²) in [5.41, 5.74) is 2.13. The maximum Gasteiger partial charge on any atom is 0.283 e. The second-order valence-corrected chi connectivity index (χ2v) is 17.3. The second kappa shape index (κ2) is 19.0. The third-order valence-electron chi connectivity index (χ3n) is 11.4. The van der Waals surface area contributed by atoms with E-state index in [0.29, 0.717) is 42.7 Å². The maximum absolute atomic E-state index is 13.2. The van der Waals surface area contributed by atoms with Crippen LogP contribution in [0, 0.1) is 17.8 Å². The molecule has 53 heavy (non-hydrogen) atoms. The Morgan fingerprint density at radius 3 is 2.60 bits per heavy atom. The van der Waals surface area contributed by atoms with E-state index in [-0.39, 0.29) is 34.6 Å². The average Bonchev–Trinajstić information content (AvgIpc) is 3.29. The molecular weight excluding hydrogens is 829 g/mol. The first kappa shape index (κ1) is 41.9. The maximum atomic E-state index is 13.2. The lowest BCUT2D eigenvalue weighted by molar-refractivity contribution is -0.122. The number of alkyl halides is 1. The number of ether oxygens (including phenoxy) is 2. The molecule has 292 valence electrons. The summed E-state index contributed by atoms with van der Waals surface area (Å²) in [6.45, 7) is 11.3. The molecule has 1 aromatic carbocycles. The molecule has 2 bridgehead atoms. The number of fused-ring (bicyclic) bond motifs is 4. The van der Waals surface area contributed by atoms with Crippen LogP contribution in [0.5, 0.6) is 5.75 Å². The number of carbonyl (C=O) groups is 2. The van der Waals surface area contributed by atoms with Crippen LogP contribution in [0.25, 0.3) is 0 Å². The Kier molecular flexibility index (Phi) is 15.0. The third-order valence-corrected chi connectivity index (χ3v) is 13.6. The highest BCUT2D eigenvalue weighted by Crippen LogP contribution is 2.45. The van der Waals surface area contributed by atoms with Gasteiger partial charge in [0.2, 0.25) is 10.0 Å². The number of benzene rings is 1. The van der Waals surface area contributed by atoms with E-state index in [1.807, 2.05) is 31.0 Å². The van der Waals surface area contributed by atoms with Crippen molar-refractivity contribution in [1.82, 2.24) is 19.9 Å². The van der Waals surface area contributed by atoms with Crippen molar-refractivity contribution in [3.05, 3.63) is 64.3 Å². The number of carbonyl (C=O) groups excluding carboxylic acids is 2. The van der Waals surface area contributed by atoms with Gasteiger partial charge in [-0.1, -0.05) is 53.3 Å². The highest BCUT2D eigenvalue weighted by atomic mass is 127. The predicted octanol–water partition coefficient (Wildman–Crippen LogP) is 5.44. The Bertz CT molecular complexity index is 1720. The normalized spacial score (nSPS) is 28.9. The van der Waals surface area contributed by atoms with Gasteiger partial charge in [-0.15, -0.1) is 0 Å². The van der Waals surface area contributed by atoms with E-state index in [9.17, 15) is 18.0 Å². The summed E-state index contributed by atoms with van der Waals surface area (Å²) in [6.07, 6.45) is 8.44. The topological polar surface area (TPSA) is 130 Å². The van der Waals surface area contributed by atoms with Crippen molar-refractivity contribution < 1.29 is 27.5 Å². The molecule has 5 aliphatic rings. The minimum Gasteiger partial charge on any atom is -0.489 e. The van der Waals surface area contributed by atoms with Gasteiger partial charge in [-0.3, -0.25) is 14.5 Å². The Hall–Kier alpha value is -2.30. The number of likely N-dealkylation sites (N-methyl/N-ethyl adjacent to an activating group) is 1. The highest BCUT2D eigenvalue weighted by molar-refractivity contribution is 14.1. The molecule has 5 atom stereocenters. The number of allylic oxidation sites excluding steroid dienone is 2. The standard InChI is InChI=1S/C31H36ClN3O5S.C7H16N2O.CH3I/c1-19-5-3-7-27(36)24-10-8-22(24)16-35-17-31(14-4-6-21-15-23(32)9-11-25(21)31)18-40-28-13-12-26(33-29(28)35)30(37)34-41(38,39)20(19)2;1-8-2-3-9-4-6-10-7-5-9;1-2/h3,7,9,11-13,15,19-20,22,24H,4-6,8,10,14,16-18H2,1-2H3,(H,34,37);8H,2-7H2,1H3;1H3/b7-3+;;/t19-,20+,22-,24+,31-;;/m0../s1. The number of amides is 1. The summed E-state index contributed by atoms with van der Waals surface area (Å²) in [4.78, 5) is 37.7. The molecule has 2 fully saturated rings. The molecule has 3 aliphatic heterocycles. The number of rotatable bonds is 3. The van der Waals surface area contributed by atoms with Gasteiger partial charge in [-0.25, -0.2) is 18.1 Å². The molecule has 14 heteroatoms. The van der Waals surface area contributed by atoms with Crippen molar-refractivity contribution in [2.45, 2.75) is 63.0 Å². The van der Waals surface area contributed by atoms with Crippen LogP contribution in [0.1, 0.15) is 67.6 Å². The van der Waals surface area contributed by atoms with Gasteiger partial charge >= 0.3 is 0 Å². The highest BCUT2D eigenvalue weighted by Gasteiger charge is 2.45. The second-order valence-electron chi connectivity index (χ2n) is 14.8. The molecule has 2 aliphatic carbocycles. The van der Waals surface area contributed by atoms with E-state index in [1.54, 1.807) is 25.1 Å². The largest absolute Gasteiger partial charge is 0.489 e. The number of anilines is 1. The number of halogens is 2. The molecule has 1 spiro atoms. The van der Waals surface area contributed by atoms with Gasteiger partial charge < -0.3 is 19.7 Å². The first-order chi connectivity index (χ1) is 25.5. The monoisotopic (exact) mass is 883 g/mol. The van der Waals surface area contributed by atoms with Crippen molar-refractivity contribution in [2.24, 2.45) is 17.8 Å². The molecule has 2 aromatic rings. The number of hydrogen-bond donors (Lipinski definition) is 2. The molecule has 1 saturated heterocycles. The fourth-order valence-corrected chi connectivity index (χ4v) is 9.41. The van der Waals surface area contributed by atoms with Crippen LogP contribution < -0.4 is 19.7 Å². The first-order valence-electron chi connectivity index (χ1n) is 18.8. The summed E-state index contributed by atoms with van der Waals surface area (Å²) in [5, 5.41) is 3.01. The van der Waals surface area contributed by atoms with Crippen molar-refractivity contribution in [3.8, 4) is 5.75 Å². The van der Waals surface area contributed by atoms with E-state index in [1.165, 1.54) is 17.2 Å². The molecule has 4 heterocycles. The van der Waals surface area contributed by atoms with E-state index in [0.717, 1.165) is 71.5 Å². The van der Waals surface area contributed by atoms with Gasteiger partial charge in [0.25, 0.3) is 5.91 Å². The van der Waals surface area contributed by atoms with Crippen LogP contribution in [0.15, 0.2) is 42.5 Å². The molecular formula is C39H55ClIN5O6S. The number of ketones is 1. The van der Waals surface area contributed by atoms with Crippen LogP contribution >= 0.6 is 34.2 Å². The lowest BCUT2D eigenvalue weighted by Crippen LogP contribution is -2.49. The van der Waals surface area contributed by atoms with Gasteiger partial charge in [0.1, 0.15) is 5.69 Å². The average molecular weight is 884 g/mol. The summed E-state index contributed by atoms with van der Waals surface area (Å²) in [7, 11) is -1.99. The lowest BCUT2D eigenvalue weighted by atomic mass is 9.69. The lowest BCUT2D eigenvalue weighted by Gasteiger charge is -2.43. The zero-order valence-corrected chi connectivity index (χ0v) is 35.1.